The molecule has 0 aromatic carbocycles. The van der Waals surface area contributed by atoms with Crippen LogP contribution >= 0.6 is 0 Å². The predicted molar refractivity (Wildman–Crippen MR) is 73.3 cm³/mol. The first-order valence-electron chi connectivity index (χ1n) is 7.96. The third kappa shape index (κ3) is 1.52. The molecule has 4 aliphatic carbocycles. The Hall–Kier alpha value is -0.790. The maximum absolute atomic E-state index is 11.9. The molecule has 0 aromatic rings. The maximum Gasteiger partial charge on any atom is 0.306 e. The average molecular weight is 260 g/mol. The van der Waals surface area contributed by atoms with Crippen molar-refractivity contribution in [2.45, 2.75) is 39.5 Å². The summed E-state index contributed by atoms with van der Waals surface area (Å²) in [5, 5.41) is 0. The molecule has 2 nitrogen and oxygen atoms in total. The van der Waals surface area contributed by atoms with Crippen molar-refractivity contribution in [3.8, 4) is 0 Å². The van der Waals surface area contributed by atoms with Crippen molar-refractivity contribution >= 4 is 5.97 Å². The lowest BCUT2D eigenvalue weighted by Gasteiger charge is -2.43. The summed E-state index contributed by atoms with van der Waals surface area (Å²) < 4.78 is 5.20. The summed E-state index contributed by atoms with van der Waals surface area (Å²) in [6.07, 6.45) is 9.63. The minimum atomic E-state index is 0.0211. The summed E-state index contributed by atoms with van der Waals surface area (Å²) in [6, 6.07) is 0. The van der Waals surface area contributed by atoms with Crippen LogP contribution in [0.5, 0.6) is 0 Å². The topological polar surface area (TPSA) is 26.3 Å². The summed E-state index contributed by atoms with van der Waals surface area (Å²) in [5.74, 6) is 5.21. The van der Waals surface area contributed by atoms with E-state index in [1.165, 1.54) is 19.3 Å². The van der Waals surface area contributed by atoms with Gasteiger partial charge in [-0.1, -0.05) is 19.1 Å². The number of fused-ring (bicyclic) bond motifs is 9. The molecule has 3 saturated carbocycles. The Kier molecular flexibility index (Phi) is 2.44. The number of rotatable bonds is 3. The van der Waals surface area contributed by atoms with Crippen LogP contribution in [-0.4, -0.2) is 12.6 Å². The van der Waals surface area contributed by atoms with Gasteiger partial charge in [0.25, 0.3) is 0 Å². The molecule has 19 heavy (non-hydrogen) atoms. The lowest BCUT2D eigenvalue weighted by molar-refractivity contribution is -0.147. The molecular formula is C17H24O2. The number of esters is 1. The molecule has 0 radical (unpaired) electrons. The highest BCUT2D eigenvalue weighted by atomic mass is 16.5. The van der Waals surface area contributed by atoms with Gasteiger partial charge in [0, 0.05) is 0 Å². The first-order valence-corrected chi connectivity index (χ1v) is 7.96. The van der Waals surface area contributed by atoms with Crippen molar-refractivity contribution in [1.82, 2.24) is 0 Å². The number of carbonyl (C=O) groups is 1. The van der Waals surface area contributed by atoms with E-state index in [1.54, 1.807) is 0 Å². The van der Waals surface area contributed by atoms with Crippen molar-refractivity contribution in [1.29, 1.82) is 0 Å². The van der Waals surface area contributed by atoms with Gasteiger partial charge in [0.2, 0.25) is 0 Å². The third-order valence-electron chi connectivity index (χ3n) is 6.63. The number of ether oxygens (including phenoxy) is 1. The van der Waals surface area contributed by atoms with Crippen LogP contribution < -0.4 is 0 Å². The molecule has 4 rings (SSSR count). The Labute approximate surface area is 115 Å². The van der Waals surface area contributed by atoms with Crippen LogP contribution in [0.2, 0.25) is 0 Å². The Morgan fingerprint density at radius 3 is 2.74 bits per heavy atom. The zero-order valence-corrected chi connectivity index (χ0v) is 12.0. The monoisotopic (exact) mass is 260 g/mol. The maximum atomic E-state index is 11.9. The Morgan fingerprint density at radius 1 is 1.26 bits per heavy atom. The van der Waals surface area contributed by atoms with Crippen molar-refractivity contribution in [3.63, 3.8) is 0 Å². The fraction of sp³-hybridized carbons (Fsp3) is 0.824. The van der Waals surface area contributed by atoms with Crippen LogP contribution in [0.3, 0.4) is 0 Å². The molecule has 0 spiro atoms. The van der Waals surface area contributed by atoms with Crippen LogP contribution in [0.4, 0.5) is 0 Å². The third-order valence-corrected chi connectivity index (χ3v) is 6.63. The SMILES string of the molecule is CCOC(=O)CC1(C)CC2CC1C1C3C=CC(C3)C21. The molecule has 104 valence electrons. The van der Waals surface area contributed by atoms with E-state index in [0.29, 0.717) is 13.0 Å². The normalized spacial score (nSPS) is 52.7. The zero-order valence-electron chi connectivity index (χ0n) is 12.0. The van der Waals surface area contributed by atoms with Gasteiger partial charge >= 0.3 is 5.97 Å². The first-order chi connectivity index (χ1) is 9.12. The minimum Gasteiger partial charge on any atom is -0.466 e. The van der Waals surface area contributed by atoms with E-state index in [-0.39, 0.29) is 11.4 Å². The lowest BCUT2D eigenvalue weighted by Crippen LogP contribution is -2.38. The fourth-order valence-electron chi connectivity index (χ4n) is 6.23. The van der Waals surface area contributed by atoms with Gasteiger partial charge in [-0.05, 0) is 67.1 Å². The Bertz CT molecular complexity index is 441. The lowest BCUT2D eigenvalue weighted by atomic mass is 9.62. The number of hydrogen-bond donors (Lipinski definition) is 0. The molecule has 3 fully saturated rings. The van der Waals surface area contributed by atoms with Gasteiger partial charge in [-0.3, -0.25) is 4.79 Å². The van der Waals surface area contributed by atoms with E-state index >= 15 is 0 Å². The van der Waals surface area contributed by atoms with E-state index in [2.05, 4.69) is 19.1 Å². The summed E-state index contributed by atoms with van der Waals surface area (Å²) in [4.78, 5) is 11.9. The molecule has 7 atom stereocenters. The minimum absolute atomic E-state index is 0.0211. The predicted octanol–water partition coefficient (Wildman–Crippen LogP) is 3.42. The molecule has 4 bridgehead atoms. The van der Waals surface area contributed by atoms with Gasteiger partial charge in [-0.2, -0.15) is 0 Å². The van der Waals surface area contributed by atoms with Gasteiger partial charge in [-0.15, -0.1) is 0 Å². The van der Waals surface area contributed by atoms with Crippen LogP contribution in [0.15, 0.2) is 12.2 Å². The molecule has 2 heteroatoms. The van der Waals surface area contributed by atoms with Crippen LogP contribution in [0.25, 0.3) is 0 Å². The molecule has 7 unspecified atom stereocenters. The quantitative estimate of drug-likeness (QED) is 0.441. The van der Waals surface area contributed by atoms with Gasteiger partial charge in [0.05, 0.1) is 13.0 Å². The highest BCUT2D eigenvalue weighted by molar-refractivity contribution is 5.70. The van der Waals surface area contributed by atoms with E-state index < -0.39 is 0 Å². The molecule has 4 aliphatic rings. The molecule has 0 saturated heterocycles. The van der Waals surface area contributed by atoms with Gasteiger partial charge in [0.15, 0.2) is 0 Å². The fourth-order valence-corrected chi connectivity index (χ4v) is 6.23. The molecule has 0 amide bonds. The van der Waals surface area contributed by atoms with Crippen molar-refractivity contribution < 1.29 is 9.53 Å². The van der Waals surface area contributed by atoms with E-state index in [9.17, 15) is 4.79 Å². The Balaban J connectivity index is 1.55. The summed E-state index contributed by atoms with van der Waals surface area (Å²) in [5.41, 5.74) is 0.219. The van der Waals surface area contributed by atoms with E-state index in [4.69, 9.17) is 4.74 Å². The van der Waals surface area contributed by atoms with Crippen molar-refractivity contribution in [3.05, 3.63) is 12.2 Å². The van der Waals surface area contributed by atoms with Crippen LogP contribution in [0.1, 0.15) is 39.5 Å². The smallest absolute Gasteiger partial charge is 0.306 e. The van der Waals surface area contributed by atoms with Crippen molar-refractivity contribution in [2.24, 2.45) is 40.9 Å². The van der Waals surface area contributed by atoms with Gasteiger partial charge < -0.3 is 4.74 Å². The second kappa shape index (κ2) is 3.86. The first kappa shape index (κ1) is 12.0. The zero-order chi connectivity index (χ0) is 13.2. The van der Waals surface area contributed by atoms with Gasteiger partial charge in [-0.25, -0.2) is 0 Å². The van der Waals surface area contributed by atoms with E-state index in [1.807, 2.05) is 6.92 Å². The highest BCUT2D eigenvalue weighted by Crippen LogP contribution is 2.71. The standard InChI is InChI=1S/C17H24O2/c1-3-19-14(18)9-17(2)8-12-7-13(17)16-11-5-4-10(6-11)15(12)16/h4-5,10-13,15-16H,3,6-9H2,1-2H3. The van der Waals surface area contributed by atoms with Gasteiger partial charge in [0.1, 0.15) is 0 Å². The molecule has 0 aliphatic heterocycles. The highest BCUT2D eigenvalue weighted by Gasteiger charge is 2.64. The summed E-state index contributed by atoms with van der Waals surface area (Å²) in [6.45, 7) is 4.76. The largest absolute Gasteiger partial charge is 0.466 e. The number of hydrogen-bond acceptors (Lipinski definition) is 2. The molecule has 0 N–H and O–H groups in total. The molecule has 0 aromatic heterocycles. The summed E-state index contributed by atoms with van der Waals surface area (Å²) >= 11 is 0. The average Bonchev–Trinajstić information content (AvgIpc) is 3.03. The number of carbonyl (C=O) groups excluding carboxylic acids is 1. The van der Waals surface area contributed by atoms with E-state index in [0.717, 1.165) is 35.5 Å². The second-order valence-electron chi connectivity index (χ2n) is 7.55. The number of allylic oxidation sites excluding steroid dienone is 2. The molecule has 0 heterocycles. The molecular weight excluding hydrogens is 236 g/mol. The second-order valence-corrected chi connectivity index (χ2v) is 7.55. The Morgan fingerprint density at radius 2 is 2.00 bits per heavy atom. The summed E-state index contributed by atoms with van der Waals surface area (Å²) in [7, 11) is 0. The van der Waals surface area contributed by atoms with Crippen molar-refractivity contribution in [2.75, 3.05) is 6.61 Å². The van der Waals surface area contributed by atoms with Crippen LogP contribution in [-0.2, 0) is 9.53 Å². The van der Waals surface area contributed by atoms with Crippen LogP contribution in [0, 0.1) is 40.9 Å².